The number of carbonyl (C=O) groups excluding carboxylic acids is 1. The lowest BCUT2D eigenvalue weighted by molar-refractivity contribution is -0.114. The molecule has 1 aromatic heterocycles. The Bertz CT molecular complexity index is 866. The number of likely N-dealkylation sites (N-methyl/N-ethyl adjacent to an activating group) is 1. The maximum absolute atomic E-state index is 12.4. The molecule has 122 valence electrons. The molecule has 1 amide bonds. The van der Waals surface area contributed by atoms with Crippen molar-refractivity contribution >= 4 is 28.3 Å². The number of aromatic nitrogens is 2. The van der Waals surface area contributed by atoms with Crippen LogP contribution in [0.25, 0.3) is 10.9 Å². The van der Waals surface area contributed by atoms with Gasteiger partial charge in [-0.25, -0.2) is 9.97 Å². The summed E-state index contributed by atoms with van der Waals surface area (Å²) >= 11 is 0. The maximum Gasteiger partial charge on any atom is 0.243 e. The van der Waals surface area contributed by atoms with E-state index in [1.54, 1.807) is 0 Å². The highest BCUT2D eigenvalue weighted by Gasteiger charge is 2.12. The molecule has 0 atom stereocenters. The molecule has 0 saturated carbocycles. The summed E-state index contributed by atoms with van der Waals surface area (Å²) < 4.78 is 0. The lowest BCUT2D eigenvalue weighted by atomic mass is 10.1. The quantitative estimate of drug-likeness (QED) is 0.801. The van der Waals surface area contributed by atoms with Gasteiger partial charge < -0.3 is 10.2 Å². The monoisotopic (exact) mass is 320 g/mol. The minimum atomic E-state index is -0.0785. The SMILES string of the molecule is Cc1cc(C)cc(NC(=O)CN(C)c2ncnc3ccccc23)c1. The fourth-order valence-electron chi connectivity index (χ4n) is 2.83. The number of amides is 1. The van der Waals surface area contributed by atoms with E-state index >= 15 is 0 Å². The van der Waals surface area contributed by atoms with E-state index in [9.17, 15) is 4.79 Å². The van der Waals surface area contributed by atoms with Crippen molar-refractivity contribution in [3.63, 3.8) is 0 Å². The molecular formula is C19H20N4O. The zero-order chi connectivity index (χ0) is 17.1. The summed E-state index contributed by atoms with van der Waals surface area (Å²) in [6, 6.07) is 13.8. The summed E-state index contributed by atoms with van der Waals surface area (Å²) in [6.45, 7) is 4.25. The Balaban J connectivity index is 1.76. The molecule has 5 heteroatoms. The Morgan fingerprint density at radius 3 is 2.54 bits per heavy atom. The number of rotatable bonds is 4. The summed E-state index contributed by atoms with van der Waals surface area (Å²) in [5.41, 5.74) is 3.93. The smallest absolute Gasteiger partial charge is 0.243 e. The number of para-hydroxylation sites is 1. The highest BCUT2D eigenvalue weighted by atomic mass is 16.2. The fourth-order valence-corrected chi connectivity index (χ4v) is 2.83. The van der Waals surface area contributed by atoms with Crippen molar-refractivity contribution in [2.75, 3.05) is 23.8 Å². The number of benzene rings is 2. The van der Waals surface area contributed by atoms with E-state index in [4.69, 9.17) is 0 Å². The lowest BCUT2D eigenvalue weighted by Crippen LogP contribution is -2.30. The van der Waals surface area contributed by atoms with Gasteiger partial charge in [-0.3, -0.25) is 4.79 Å². The largest absolute Gasteiger partial charge is 0.350 e. The highest BCUT2D eigenvalue weighted by molar-refractivity contribution is 5.96. The second-order valence-corrected chi connectivity index (χ2v) is 6.00. The Hall–Kier alpha value is -2.95. The summed E-state index contributed by atoms with van der Waals surface area (Å²) in [4.78, 5) is 22.8. The van der Waals surface area contributed by atoms with E-state index in [1.807, 2.05) is 62.2 Å². The van der Waals surface area contributed by atoms with Crippen molar-refractivity contribution < 1.29 is 4.79 Å². The molecule has 2 aromatic carbocycles. The van der Waals surface area contributed by atoms with Gasteiger partial charge in [0.2, 0.25) is 5.91 Å². The molecule has 0 aliphatic rings. The molecular weight excluding hydrogens is 300 g/mol. The van der Waals surface area contributed by atoms with E-state index in [0.717, 1.165) is 33.5 Å². The Morgan fingerprint density at radius 1 is 1.08 bits per heavy atom. The van der Waals surface area contributed by atoms with Crippen LogP contribution in [-0.4, -0.2) is 29.5 Å². The van der Waals surface area contributed by atoms with Gasteiger partial charge in [0.05, 0.1) is 12.1 Å². The van der Waals surface area contributed by atoms with Gasteiger partial charge >= 0.3 is 0 Å². The number of nitrogens with zero attached hydrogens (tertiary/aromatic N) is 3. The predicted molar refractivity (Wildman–Crippen MR) is 97.4 cm³/mol. The number of fused-ring (bicyclic) bond motifs is 1. The van der Waals surface area contributed by atoms with Crippen molar-refractivity contribution in [2.45, 2.75) is 13.8 Å². The van der Waals surface area contributed by atoms with Gasteiger partial charge in [0.25, 0.3) is 0 Å². The van der Waals surface area contributed by atoms with Crippen LogP contribution in [-0.2, 0) is 4.79 Å². The second-order valence-electron chi connectivity index (χ2n) is 6.00. The van der Waals surface area contributed by atoms with Crippen LogP contribution in [0.3, 0.4) is 0 Å². The minimum Gasteiger partial charge on any atom is -0.350 e. The molecule has 3 rings (SSSR count). The lowest BCUT2D eigenvalue weighted by Gasteiger charge is -2.19. The molecule has 1 N–H and O–H groups in total. The Kier molecular flexibility index (Phi) is 4.42. The van der Waals surface area contributed by atoms with Gasteiger partial charge in [-0.2, -0.15) is 0 Å². The third-order valence-electron chi connectivity index (χ3n) is 3.77. The van der Waals surface area contributed by atoms with Gasteiger partial charge in [-0.15, -0.1) is 0 Å². The summed E-state index contributed by atoms with van der Waals surface area (Å²) in [7, 11) is 1.86. The first-order chi connectivity index (χ1) is 11.5. The van der Waals surface area contributed by atoms with Crippen molar-refractivity contribution in [2.24, 2.45) is 0 Å². The zero-order valence-electron chi connectivity index (χ0n) is 14.1. The van der Waals surface area contributed by atoms with E-state index in [-0.39, 0.29) is 12.5 Å². The van der Waals surface area contributed by atoms with Crippen LogP contribution in [0.4, 0.5) is 11.5 Å². The van der Waals surface area contributed by atoms with Crippen LogP contribution in [0.15, 0.2) is 48.8 Å². The average Bonchev–Trinajstić information content (AvgIpc) is 2.53. The first-order valence-corrected chi connectivity index (χ1v) is 7.82. The Labute approximate surface area is 141 Å². The molecule has 0 fully saturated rings. The van der Waals surface area contributed by atoms with Gasteiger partial charge in [0.1, 0.15) is 12.1 Å². The van der Waals surface area contributed by atoms with Crippen LogP contribution in [0.2, 0.25) is 0 Å². The number of hydrogen-bond acceptors (Lipinski definition) is 4. The van der Waals surface area contributed by atoms with Crippen LogP contribution in [0.1, 0.15) is 11.1 Å². The van der Waals surface area contributed by atoms with Gasteiger partial charge in [-0.1, -0.05) is 18.2 Å². The van der Waals surface area contributed by atoms with E-state index in [2.05, 4.69) is 21.4 Å². The van der Waals surface area contributed by atoms with Crippen LogP contribution >= 0.6 is 0 Å². The molecule has 0 spiro atoms. The van der Waals surface area contributed by atoms with Gasteiger partial charge in [0.15, 0.2) is 0 Å². The summed E-state index contributed by atoms with van der Waals surface area (Å²) in [5, 5.41) is 3.88. The van der Waals surface area contributed by atoms with Crippen LogP contribution < -0.4 is 10.2 Å². The Morgan fingerprint density at radius 2 is 1.79 bits per heavy atom. The molecule has 0 aliphatic heterocycles. The number of hydrogen-bond donors (Lipinski definition) is 1. The van der Waals surface area contributed by atoms with Crippen molar-refractivity contribution in [1.29, 1.82) is 0 Å². The number of aryl methyl sites for hydroxylation is 2. The molecule has 1 heterocycles. The number of nitrogens with one attached hydrogen (secondary N) is 1. The molecule has 0 saturated heterocycles. The van der Waals surface area contributed by atoms with Gasteiger partial charge in [0, 0.05) is 18.1 Å². The van der Waals surface area contributed by atoms with Crippen LogP contribution in [0, 0.1) is 13.8 Å². The van der Waals surface area contributed by atoms with E-state index < -0.39 is 0 Å². The van der Waals surface area contributed by atoms with Gasteiger partial charge in [-0.05, 0) is 49.2 Å². The molecule has 24 heavy (non-hydrogen) atoms. The zero-order valence-corrected chi connectivity index (χ0v) is 14.1. The molecule has 0 bridgehead atoms. The molecule has 3 aromatic rings. The molecule has 5 nitrogen and oxygen atoms in total. The third-order valence-corrected chi connectivity index (χ3v) is 3.77. The van der Waals surface area contributed by atoms with Crippen molar-refractivity contribution in [1.82, 2.24) is 9.97 Å². The summed E-state index contributed by atoms with van der Waals surface area (Å²) in [6.07, 6.45) is 1.52. The minimum absolute atomic E-state index is 0.0785. The molecule has 0 radical (unpaired) electrons. The van der Waals surface area contributed by atoms with Crippen molar-refractivity contribution in [3.05, 3.63) is 59.9 Å². The third kappa shape index (κ3) is 3.51. The maximum atomic E-state index is 12.4. The molecule has 0 unspecified atom stereocenters. The second kappa shape index (κ2) is 6.66. The standard InChI is InChI=1S/C19H20N4O/c1-13-8-14(2)10-15(9-13)22-18(24)11-23(3)19-16-6-4-5-7-17(16)20-12-21-19/h4-10,12H,11H2,1-3H3,(H,22,24). The fraction of sp³-hybridized carbons (Fsp3) is 0.211. The number of anilines is 2. The first-order valence-electron chi connectivity index (χ1n) is 7.82. The van der Waals surface area contributed by atoms with E-state index in [0.29, 0.717) is 0 Å². The van der Waals surface area contributed by atoms with Crippen molar-refractivity contribution in [3.8, 4) is 0 Å². The van der Waals surface area contributed by atoms with Crippen LogP contribution in [0.5, 0.6) is 0 Å². The first kappa shape index (κ1) is 15.9. The van der Waals surface area contributed by atoms with E-state index in [1.165, 1.54) is 6.33 Å². The number of carbonyl (C=O) groups is 1. The molecule has 0 aliphatic carbocycles. The topological polar surface area (TPSA) is 58.1 Å². The average molecular weight is 320 g/mol. The predicted octanol–water partition coefficient (Wildman–Crippen LogP) is 3.32. The highest BCUT2D eigenvalue weighted by Crippen LogP contribution is 2.21. The normalized spacial score (nSPS) is 10.6. The summed E-state index contributed by atoms with van der Waals surface area (Å²) in [5.74, 6) is 0.668.